The Labute approximate surface area is 394 Å². The van der Waals surface area contributed by atoms with Crippen LogP contribution in [0.2, 0.25) is 0 Å². The van der Waals surface area contributed by atoms with E-state index >= 15 is 0 Å². The lowest BCUT2D eigenvalue weighted by Crippen LogP contribution is -2.64. The molecule has 0 radical (unpaired) electrons. The fourth-order valence-corrected chi connectivity index (χ4v) is 7.32. The van der Waals surface area contributed by atoms with Crippen LogP contribution in [0.5, 0.6) is 0 Å². The van der Waals surface area contributed by atoms with E-state index in [1.165, 1.54) is 19.3 Å². The first-order chi connectivity index (χ1) is 31.8. The van der Waals surface area contributed by atoms with Gasteiger partial charge in [0.05, 0.1) is 12.7 Å². The summed E-state index contributed by atoms with van der Waals surface area (Å²) >= 11 is 0. The van der Waals surface area contributed by atoms with Gasteiger partial charge < -0.3 is 45.0 Å². The molecule has 1 rings (SSSR count). The largest absolute Gasteiger partial charge is 0.472 e. The van der Waals surface area contributed by atoms with Gasteiger partial charge in [0, 0.05) is 12.8 Å². The highest BCUT2D eigenvalue weighted by atomic mass is 31.2. The maximum absolute atomic E-state index is 12.8. The lowest BCUT2D eigenvalue weighted by Gasteiger charge is -2.41. The second-order valence-corrected chi connectivity index (χ2v) is 17.5. The van der Waals surface area contributed by atoms with Crippen LogP contribution in [0, 0.1) is 0 Å². The number of hydrogen-bond acceptors (Lipinski definition) is 13. The van der Waals surface area contributed by atoms with Crippen molar-refractivity contribution in [2.45, 2.75) is 185 Å². The minimum Gasteiger partial charge on any atom is -0.462 e. The van der Waals surface area contributed by atoms with E-state index in [2.05, 4.69) is 62.5 Å². The van der Waals surface area contributed by atoms with Crippen molar-refractivity contribution in [1.82, 2.24) is 0 Å². The van der Waals surface area contributed by atoms with Crippen LogP contribution in [0.4, 0.5) is 0 Å². The van der Waals surface area contributed by atoms with E-state index in [4.69, 9.17) is 18.5 Å². The molecule has 1 saturated carbocycles. The second kappa shape index (κ2) is 39.5. The molecule has 0 aromatic carbocycles. The van der Waals surface area contributed by atoms with Crippen LogP contribution < -0.4 is 0 Å². The molecule has 4 unspecified atom stereocenters. The standard InChI is InChI=1S/C51H81O14P/c1-3-5-7-9-11-12-13-14-15-16-17-18-19-23-26-30-34-38-44(53)62-40-43(41-63-66(60,61)65-51-49(58)47(56)46(55)48(57)50(51)59)64-45(54)39-35-31-27-24-21-20-22-25-29-33-37-42(52)36-32-28-10-8-6-4-2/h6,8,11-12,14-15,17-18,20-21,25,27-29,31-33,37,42-43,46-52,55-59H,3-5,7,9-10,13,16,19,22-24,26,30,34-36,38-41H2,1-2H3,(H,60,61)/b8-6-,12-11-,15-14-,18-17-,21-20-,29-25-,31-27-,32-28-,37-33+/t42?,43-,46?,47-,48+,49-,50-,51?/m1/s1. The molecule has 15 heteroatoms. The number of carbonyl (C=O) groups excluding carboxylic acids is 2. The monoisotopic (exact) mass is 949 g/mol. The molecule has 0 bridgehead atoms. The number of phosphoric ester groups is 1. The highest BCUT2D eigenvalue weighted by Gasteiger charge is 2.51. The third-order valence-electron chi connectivity index (χ3n) is 10.2. The van der Waals surface area contributed by atoms with E-state index in [0.717, 1.165) is 57.8 Å². The molecule has 1 aliphatic carbocycles. The number of aliphatic hydroxyl groups excluding tert-OH is 6. The van der Waals surface area contributed by atoms with Crippen LogP contribution in [0.1, 0.15) is 136 Å². The van der Waals surface area contributed by atoms with E-state index in [-0.39, 0.29) is 12.8 Å². The summed E-state index contributed by atoms with van der Waals surface area (Å²) in [7, 11) is -5.17. The van der Waals surface area contributed by atoms with Gasteiger partial charge in [-0.1, -0.05) is 149 Å². The summed E-state index contributed by atoms with van der Waals surface area (Å²) in [6.45, 7) is 3.00. The molecule has 0 aliphatic heterocycles. The number of hydrogen-bond donors (Lipinski definition) is 7. The predicted molar refractivity (Wildman–Crippen MR) is 259 cm³/mol. The van der Waals surface area contributed by atoms with Gasteiger partial charge in [-0.2, -0.15) is 0 Å². The first-order valence-corrected chi connectivity index (χ1v) is 25.3. The van der Waals surface area contributed by atoms with Crippen molar-refractivity contribution in [2.24, 2.45) is 0 Å². The predicted octanol–water partition coefficient (Wildman–Crippen LogP) is 8.58. The van der Waals surface area contributed by atoms with Crippen molar-refractivity contribution in [3.63, 3.8) is 0 Å². The van der Waals surface area contributed by atoms with Crippen molar-refractivity contribution < 1.29 is 68.2 Å². The number of rotatable bonds is 37. The summed E-state index contributed by atoms with van der Waals surface area (Å²) in [6.07, 6.45) is 37.4. The fraction of sp³-hybridized carbons (Fsp3) is 0.608. The van der Waals surface area contributed by atoms with Gasteiger partial charge >= 0.3 is 19.8 Å². The number of allylic oxidation sites excluding steroid dienone is 16. The van der Waals surface area contributed by atoms with Crippen molar-refractivity contribution in [3.8, 4) is 0 Å². The minimum atomic E-state index is -5.17. The number of phosphoric acid groups is 1. The Bertz CT molecular complexity index is 1580. The zero-order valence-electron chi connectivity index (χ0n) is 39.3. The molecule has 0 spiro atoms. The first-order valence-electron chi connectivity index (χ1n) is 23.8. The van der Waals surface area contributed by atoms with E-state index in [9.17, 15) is 49.7 Å². The van der Waals surface area contributed by atoms with Crippen LogP contribution in [0.15, 0.2) is 109 Å². The molecule has 374 valence electrons. The topological polar surface area (TPSA) is 230 Å². The SMILES string of the molecule is CC/C=C\C/C=C\CC(O)/C=C/C=C\C/C=C\C/C=C\CCC(=O)O[C@H](COC(=O)CCCCCC/C=C\C/C=C\C/C=C\CCCCC)COP(=O)(O)OC1[C@H](O)[C@H](O)C(O)[C@H](O)[C@H]1O. The van der Waals surface area contributed by atoms with Crippen molar-refractivity contribution in [3.05, 3.63) is 109 Å². The molecule has 0 aromatic rings. The molecular weight excluding hydrogens is 868 g/mol. The van der Waals surface area contributed by atoms with Gasteiger partial charge in [-0.15, -0.1) is 0 Å². The molecular formula is C51H81O14P. The summed E-state index contributed by atoms with van der Waals surface area (Å²) in [6, 6.07) is 0. The Morgan fingerprint density at radius 3 is 1.68 bits per heavy atom. The average molecular weight is 949 g/mol. The average Bonchev–Trinajstić information content (AvgIpc) is 3.29. The quantitative estimate of drug-likeness (QED) is 0.0102. The van der Waals surface area contributed by atoms with Gasteiger partial charge in [0.15, 0.2) is 6.10 Å². The van der Waals surface area contributed by atoms with Gasteiger partial charge in [0.2, 0.25) is 0 Å². The molecule has 66 heavy (non-hydrogen) atoms. The summed E-state index contributed by atoms with van der Waals surface area (Å²) in [4.78, 5) is 35.7. The summed E-state index contributed by atoms with van der Waals surface area (Å²) in [5.74, 6) is -1.26. The Morgan fingerprint density at radius 1 is 0.561 bits per heavy atom. The molecule has 7 N–H and O–H groups in total. The Hall–Kier alpha value is -3.53. The molecule has 0 saturated heterocycles. The van der Waals surface area contributed by atoms with Crippen LogP contribution in [0.3, 0.4) is 0 Å². The lowest BCUT2D eigenvalue weighted by molar-refractivity contribution is -0.220. The van der Waals surface area contributed by atoms with E-state index in [0.29, 0.717) is 32.1 Å². The molecule has 14 nitrogen and oxygen atoms in total. The normalized spacial score (nSPS) is 22.7. The van der Waals surface area contributed by atoms with Crippen molar-refractivity contribution in [2.75, 3.05) is 13.2 Å². The number of esters is 2. The van der Waals surface area contributed by atoms with Gasteiger partial charge in [-0.05, 0) is 83.5 Å². The Balaban J connectivity index is 2.56. The third kappa shape index (κ3) is 31.4. The third-order valence-corrected chi connectivity index (χ3v) is 11.2. The number of aliphatic hydroxyl groups is 6. The highest BCUT2D eigenvalue weighted by molar-refractivity contribution is 7.47. The van der Waals surface area contributed by atoms with E-state index < -0.39 is 81.8 Å². The highest BCUT2D eigenvalue weighted by Crippen LogP contribution is 2.47. The first kappa shape index (κ1) is 60.5. The summed E-state index contributed by atoms with van der Waals surface area (Å²) in [5, 5.41) is 60.2. The van der Waals surface area contributed by atoms with Crippen LogP contribution >= 0.6 is 7.82 Å². The second-order valence-electron chi connectivity index (χ2n) is 16.1. The van der Waals surface area contributed by atoms with Crippen molar-refractivity contribution >= 4 is 19.8 Å². The number of carbonyl (C=O) groups is 2. The van der Waals surface area contributed by atoms with E-state index in [1.54, 1.807) is 12.2 Å². The molecule has 0 heterocycles. The Morgan fingerprint density at radius 2 is 1.08 bits per heavy atom. The number of unbranched alkanes of at least 4 members (excludes halogenated alkanes) is 7. The molecule has 9 atom stereocenters. The van der Waals surface area contributed by atoms with Gasteiger partial charge in [-0.3, -0.25) is 18.6 Å². The smallest absolute Gasteiger partial charge is 0.462 e. The van der Waals surface area contributed by atoms with Crippen LogP contribution in [-0.4, -0.2) is 110 Å². The van der Waals surface area contributed by atoms with Gasteiger partial charge in [-0.25, -0.2) is 4.57 Å². The molecule has 0 amide bonds. The van der Waals surface area contributed by atoms with Gasteiger partial charge in [0.1, 0.15) is 43.2 Å². The molecule has 1 fully saturated rings. The summed E-state index contributed by atoms with van der Waals surface area (Å²) in [5.41, 5.74) is 0. The van der Waals surface area contributed by atoms with E-state index in [1.807, 2.05) is 48.6 Å². The zero-order chi connectivity index (χ0) is 48.7. The van der Waals surface area contributed by atoms with Crippen LogP contribution in [0.25, 0.3) is 0 Å². The van der Waals surface area contributed by atoms with Crippen LogP contribution in [-0.2, 0) is 32.7 Å². The fourth-order valence-electron chi connectivity index (χ4n) is 6.34. The van der Waals surface area contributed by atoms with Gasteiger partial charge in [0.25, 0.3) is 0 Å². The minimum absolute atomic E-state index is 0.0636. The number of ether oxygens (including phenoxy) is 2. The molecule has 1 aliphatic rings. The van der Waals surface area contributed by atoms with Crippen molar-refractivity contribution in [1.29, 1.82) is 0 Å². The maximum atomic E-state index is 12.8. The maximum Gasteiger partial charge on any atom is 0.472 e. The Kier molecular flexibility index (Phi) is 36.2. The molecule has 0 aromatic heterocycles. The summed E-state index contributed by atoms with van der Waals surface area (Å²) < 4.78 is 33.4. The lowest BCUT2D eigenvalue weighted by atomic mass is 9.85. The zero-order valence-corrected chi connectivity index (χ0v) is 40.2.